The van der Waals surface area contributed by atoms with Crippen LogP contribution in [-0.4, -0.2) is 13.2 Å². The van der Waals surface area contributed by atoms with Crippen LogP contribution in [0.15, 0.2) is 36.4 Å². The Kier molecular flexibility index (Phi) is 9.09. The Balaban J connectivity index is 2.20. The first kappa shape index (κ1) is 16.0. The highest BCUT2D eigenvalue weighted by molar-refractivity contribution is 5.49. The van der Waals surface area contributed by atoms with E-state index in [0.29, 0.717) is 0 Å². The third-order valence-electron chi connectivity index (χ3n) is 3.45. The van der Waals surface area contributed by atoms with E-state index in [2.05, 4.69) is 43.3 Å². The van der Waals surface area contributed by atoms with Crippen molar-refractivity contribution >= 4 is 6.08 Å². The number of hydrogen-bond acceptors (Lipinski definition) is 1. The van der Waals surface area contributed by atoms with Crippen LogP contribution < -0.4 is 0 Å². The van der Waals surface area contributed by atoms with Crippen LogP contribution in [0.25, 0.3) is 6.08 Å². The summed E-state index contributed by atoms with van der Waals surface area (Å²) in [6.45, 7) is 2.26. The maximum absolute atomic E-state index is 5.51. The molecule has 0 aliphatic carbocycles. The first-order valence-corrected chi connectivity index (χ1v) is 7.63. The standard InChI is InChI=1S/C18H28O/c1-3-4-5-6-7-11-14-18(19-2)16-15-17-12-9-8-10-13-17/h8-10,12-13,15-16,18H,3-7,11,14H2,1-2H3/b16-15+. The Morgan fingerprint density at radius 1 is 1.00 bits per heavy atom. The lowest BCUT2D eigenvalue weighted by atomic mass is 10.1. The molecule has 1 rings (SSSR count). The first-order valence-electron chi connectivity index (χ1n) is 7.63. The summed E-state index contributed by atoms with van der Waals surface area (Å²) in [5.41, 5.74) is 1.24. The molecule has 0 aliphatic heterocycles. The molecular weight excluding hydrogens is 232 g/mol. The fraction of sp³-hybridized carbons (Fsp3) is 0.556. The Morgan fingerprint density at radius 3 is 2.37 bits per heavy atom. The number of hydrogen-bond donors (Lipinski definition) is 0. The zero-order chi connectivity index (χ0) is 13.8. The van der Waals surface area contributed by atoms with Crippen molar-refractivity contribution in [2.75, 3.05) is 7.11 Å². The van der Waals surface area contributed by atoms with Gasteiger partial charge in [-0.05, 0) is 12.0 Å². The first-order chi connectivity index (χ1) is 9.36. The molecule has 1 nitrogen and oxygen atoms in total. The van der Waals surface area contributed by atoms with Crippen LogP contribution in [0.4, 0.5) is 0 Å². The Hall–Kier alpha value is -1.08. The van der Waals surface area contributed by atoms with E-state index in [1.165, 1.54) is 44.1 Å². The summed E-state index contributed by atoms with van der Waals surface area (Å²) in [4.78, 5) is 0. The van der Waals surface area contributed by atoms with Crippen LogP contribution in [-0.2, 0) is 4.74 Å². The summed E-state index contributed by atoms with van der Waals surface area (Å²) in [6.07, 6.45) is 13.8. The molecule has 0 heterocycles. The van der Waals surface area contributed by atoms with Crippen LogP contribution in [0.2, 0.25) is 0 Å². The van der Waals surface area contributed by atoms with E-state index >= 15 is 0 Å². The second-order valence-corrected chi connectivity index (χ2v) is 5.10. The second-order valence-electron chi connectivity index (χ2n) is 5.10. The van der Waals surface area contributed by atoms with E-state index in [-0.39, 0.29) is 6.10 Å². The molecule has 0 amide bonds. The third-order valence-corrected chi connectivity index (χ3v) is 3.45. The van der Waals surface area contributed by atoms with Gasteiger partial charge in [-0.25, -0.2) is 0 Å². The zero-order valence-electron chi connectivity index (χ0n) is 12.5. The molecule has 0 aromatic heterocycles. The molecule has 0 N–H and O–H groups in total. The predicted octanol–water partition coefficient (Wildman–Crippen LogP) is 5.47. The maximum atomic E-state index is 5.51. The highest BCUT2D eigenvalue weighted by atomic mass is 16.5. The summed E-state index contributed by atoms with van der Waals surface area (Å²) >= 11 is 0. The maximum Gasteiger partial charge on any atom is 0.0755 e. The van der Waals surface area contributed by atoms with E-state index in [0.717, 1.165) is 6.42 Å². The number of unbranched alkanes of at least 4 members (excludes halogenated alkanes) is 5. The molecule has 0 saturated heterocycles. The van der Waals surface area contributed by atoms with Crippen LogP contribution in [0.5, 0.6) is 0 Å². The van der Waals surface area contributed by atoms with Crippen LogP contribution in [0, 0.1) is 0 Å². The lowest BCUT2D eigenvalue weighted by molar-refractivity contribution is 0.131. The van der Waals surface area contributed by atoms with Crippen molar-refractivity contribution in [3.8, 4) is 0 Å². The number of rotatable bonds is 10. The molecule has 0 aliphatic rings. The molecule has 0 saturated carbocycles. The average molecular weight is 260 g/mol. The Labute approximate surface area is 118 Å². The molecule has 106 valence electrons. The average Bonchev–Trinajstić information content (AvgIpc) is 2.47. The summed E-state index contributed by atoms with van der Waals surface area (Å²) in [7, 11) is 1.80. The minimum Gasteiger partial charge on any atom is -0.377 e. The van der Waals surface area contributed by atoms with E-state index in [4.69, 9.17) is 4.74 Å². The van der Waals surface area contributed by atoms with Crippen LogP contribution >= 0.6 is 0 Å². The monoisotopic (exact) mass is 260 g/mol. The van der Waals surface area contributed by atoms with Crippen molar-refractivity contribution < 1.29 is 4.74 Å². The van der Waals surface area contributed by atoms with Crippen molar-refractivity contribution in [1.29, 1.82) is 0 Å². The Bertz CT molecular complexity index is 329. The highest BCUT2D eigenvalue weighted by Crippen LogP contribution is 2.12. The van der Waals surface area contributed by atoms with Gasteiger partial charge in [0, 0.05) is 7.11 Å². The van der Waals surface area contributed by atoms with Gasteiger partial charge in [-0.3, -0.25) is 0 Å². The van der Waals surface area contributed by atoms with E-state index < -0.39 is 0 Å². The Morgan fingerprint density at radius 2 is 1.68 bits per heavy atom. The summed E-state index contributed by atoms with van der Waals surface area (Å²) in [6, 6.07) is 10.4. The lowest BCUT2D eigenvalue weighted by Crippen LogP contribution is -2.06. The van der Waals surface area contributed by atoms with Crippen molar-refractivity contribution in [1.82, 2.24) is 0 Å². The minimum atomic E-state index is 0.256. The largest absolute Gasteiger partial charge is 0.377 e. The SMILES string of the molecule is CCCCCCCCC(/C=C/c1ccccc1)OC. The molecule has 1 heteroatoms. The topological polar surface area (TPSA) is 9.23 Å². The molecule has 1 atom stereocenters. The predicted molar refractivity (Wildman–Crippen MR) is 84.3 cm³/mol. The van der Waals surface area contributed by atoms with Gasteiger partial charge in [0.05, 0.1) is 6.10 Å². The summed E-state index contributed by atoms with van der Waals surface area (Å²) in [5, 5.41) is 0. The van der Waals surface area contributed by atoms with Gasteiger partial charge in [-0.15, -0.1) is 0 Å². The van der Waals surface area contributed by atoms with Gasteiger partial charge in [-0.2, -0.15) is 0 Å². The van der Waals surface area contributed by atoms with Gasteiger partial charge in [0.2, 0.25) is 0 Å². The van der Waals surface area contributed by atoms with Gasteiger partial charge in [0.25, 0.3) is 0 Å². The molecule has 1 unspecified atom stereocenters. The lowest BCUT2D eigenvalue weighted by Gasteiger charge is -2.10. The quantitative estimate of drug-likeness (QED) is 0.507. The molecule has 1 aromatic carbocycles. The normalized spacial score (nSPS) is 12.9. The number of benzene rings is 1. The minimum absolute atomic E-state index is 0.256. The summed E-state index contributed by atoms with van der Waals surface area (Å²) in [5.74, 6) is 0. The fourth-order valence-electron chi connectivity index (χ4n) is 2.20. The van der Waals surface area contributed by atoms with Gasteiger partial charge in [-0.1, -0.05) is 87.9 Å². The smallest absolute Gasteiger partial charge is 0.0755 e. The molecule has 0 spiro atoms. The molecule has 0 bridgehead atoms. The summed E-state index contributed by atoms with van der Waals surface area (Å²) < 4.78 is 5.51. The third kappa shape index (κ3) is 7.84. The molecular formula is C18H28O. The van der Waals surface area contributed by atoms with Crippen molar-refractivity contribution in [2.24, 2.45) is 0 Å². The molecule has 19 heavy (non-hydrogen) atoms. The molecule has 0 fully saturated rings. The number of ether oxygens (including phenoxy) is 1. The van der Waals surface area contributed by atoms with Crippen LogP contribution in [0.3, 0.4) is 0 Å². The molecule has 1 aromatic rings. The van der Waals surface area contributed by atoms with Gasteiger partial charge in [0.1, 0.15) is 0 Å². The van der Waals surface area contributed by atoms with E-state index in [9.17, 15) is 0 Å². The zero-order valence-corrected chi connectivity index (χ0v) is 12.5. The van der Waals surface area contributed by atoms with Gasteiger partial charge in [0.15, 0.2) is 0 Å². The van der Waals surface area contributed by atoms with E-state index in [1.807, 2.05) is 6.07 Å². The van der Waals surface area contributed by atoms with Crippen molar-refractivity contribution in [2.45, 2.75) is 58.0 Å². The van der Waals surface area contributed by atoms with Gasteiger partial charge < -0.3 is 4.74 Å². The van der Waals surface area contributed by atoms with Crippen molar-refractivity contribution in [3.05, 3.63) is 42.0 Å². The van der Waals surface area contributed by atoms with Crippen LogP contribution in [0.1, 0.15) is 57.4 Å². The fourth-order valence-corrected chi connectivity index (χ4v) is 2.20. The van der Waals surface area contributed by atoms with Gasteiger partial charge >= 0.3 is 0 Å². The highest BCUT2D eigenvalue weighted by Gasteiger charge is 2.02. The van der Waals surface area contributed by atoms with Crippen molar-refractivity contribution in [3.63, 3.8) is 0 Å². The van der Waals surface area contributed by atoms with E-state index in [1.54, 1.807) is 7.11 Å². The molecule has 0 radical (unpaired) electrons. The second kappa shape index (κ2) is 10.8. The number of methoxy groups -OCH3 is 1.